The van der Waals surface area contributed by atoms with E-state index in [1.165, 1.54) is 0 Å². The van der Waals surface area contributed by atoms with E-state index in [1.807, 2.05) is 49.0 Å². The summed E-state index contributed by atoms with van der Waals surface area (Å²) in [5.41, 5.74) is 2.98. The van der Waals surface area contributed by atoms with Crippen molar-refractivity contribution in [3.8, 4) is 0 Å². The Labute approximate surface area is 122 Å². The Morgan fingerprint density at radius 3 is 2.63 bits per heavy atom. The Morgan fingerprint density at radius 1 is 1.37 bits per heavy atom. The van der Waals surface area contributed by atoms with Crippen LogP contribution in [0.3, 0.4) is 0 Å². The Kier molecular flexibility index (Phi) is 4.39. The highest BCUT2D eigenvalue weighted by Gasteiger charge is 2.02. The number of aromatic nitrogens is 2. The second-order valence-electron chi connectivity index (χ2n) is 4.22. The summed E-state index contributed by atoms with van der Waals surface area (Å²) < 4.78 is 1.84. The van der Waals surface area contributed by atoms with Crippen LogP contribution in [0, 0.1) is 6.92 Å². The molecule has 6 heteroatoms. The maximum atomic E-state index is 5.82. The van der Waals surface area contributed by atoms with Crippen molar-refractivity contribution < 1.29 is 0 Å². The predicted molar refractivity (Wildman–Crippen MR) is 82.5 cm³/mol. The highest BCUT2D eigenvalue weighted by atomic mass is 35.5. The first-order chi connectivity index (χ1) is 9.04. The largest absolute Gasteiger partial charge is 0.357 e. The number of hydrogen-bond acceptors (Lipinski definition) is 2. The summed E-state index contributed by atoms with van der Waals surface area (Å²) in [5.74, 6) is 0. The van der Waals surface area contributed by atoms with Crippen LogP contribution < -0.4 is 10.6 Å². The van der Waals surface area contributed by atoms with Gasteiger partial charge in [-0.2, -0.15) is 5.10 Å². The molecule has 0 aliphatic carbocycles. The normalized spacial score (nSPS) is 10.3. The highest BCUT2D eigenvalue weighted by molar-refractivity contribution is 7.80. The van der Waals surface area contributed by atoms with Crippen molar-refractivity contribution in [1.29, 1.82) is 0 Å². The summed E-state index contributed by atoms with van der Waals surface area (Å²) in [6, 6.07) is 9.41. The van der Waals surface area contributed by atoms with E-state index < -0.39 is 0 Å². The molecule has 1 heterocycles. The molecule has 0 atom stereocenters. The zero-order chi connectivity index (χ0) is 13.8. The summed E-state index contributed by atoms with van der Waals surface area (Å²) in [4.78, 5) is 0. The van der Waals surface area contributed by atoms with Crippen molar-refractivity contribution in [2.75, 3.05) is 5.32 Å². The fourth-order valence-electron chi connectivity index (χ4n) is 1.60. The molecule has 0 spiro atoms. The molecule has 0 fully saturated rings. The van der Waals surface area contributed by atoms with Gasteiger partial charge in [-0.25, -0.2) is 0 Å². The molecule has 19 heavy (non-hydrogen) atoms. The topological polar surface area (TPSA) is 41.9 Å². The van der Waals surface area contributed by atoms with Crippen molar-refractivity contribution in [2.24, 2.45) is 7.05 Å². The second kappa shape index (κ2) is 6.04. The van der Waals surface area contributed by atoms with Crippen LogP contribution in [-0.4, -0.2) is 14.9 Å². The number of benzene rings is 1. The molecule has 100 valence electrons. The number of anilines is 1. The smallest absolute Gasteiger partial charge is 0.171 e. The average molecular weight is 295 g/mol. The van der Waals surface area contributed by atoms with Gasteiger partial charge in [0.15, 0.2) is 5.11 Å². The van der Waals surface area contributed by atoms with E-state index in [4.69, 9.17) is 23.8 Å². The number of thiocarbonyl (C=S) groups is 1. The number of nitrogens with one attached hydrogen (secondary N) is 2. The van der Waals surface area contributed by atoms with Crippen LogP contribution in [0.15, 0.2) is 30.3 Å². The van der Waals surface area contributed by atoms with E-state index >= 15 is 0 Å². The number of aryl methyl sites for hydroxylation is 2. The summed E-state index contributed by atoms with van der Waals surface area (Å²) in [5, 5.41) is 11.8. The molecule has 0 amide bonds. The molecule has 0 aliphatic rings. The van der Waals surface area contributed by atoms with Gasteiger partial charge in [-0.1, -0.05) is 11.6 Å². The van der Waals surface area contributed by atoms with E-state index in [2.05, 4.69) is 15.7 Å². The Balaban J connectivity index is 1.86. The molecule has 0 bridgehead atoms. The first-order valence-corrected chi connectivity index (χ1v) is 6.63. The third-order valence-corrected chi connectivity index (χ3v) is 3.19. The molecule has 0 unspecified atom stereocenters. The molecule has 1 aromatic heterocycles. The predicted octanol–water partition coefficient (Wildman–Crippen LogP) is 2.87. The van der Waals surface area contributed by atoms with E-state index in [0.29, 0.717) is 16.7 Å². The van der Waals surface area contributed by atoms with Gasteiger partial charge < -0.3 is 10.6 Å². The average Bonchev–Trinajstić information content (AvgIpc) is 2.69. The molecular weight excluding hydrogens is 280 g/mol. The molecule has 0 saturated heterocycles. The molecule has 0 aliphatic heterocycles. The van der Waals surface area contributed by atoms with Gasteiger partial charge in [0.2, 0.25) is 0 Å². The molecule has 2 aromatic rings. The second-order valence-corrected chi connectivity index (χ2v) is 5.06. The fraction of sp³-hybridized carbons (Fsp3) is 0.231. The van der Waals surface area contributed by atoms with Crippen LogP contribution in [0.4, 0.5) is 5.69 Å². The Hall–Kier alpha value is -1.59. The van der Waals surface area contributed by atoms with Gasteiger partial charge in [-0.05, 0) is 49.5 Å². The van der Waals surface area contributed by atoms with Crippen LogP contribution in [0.2, 0.25) is 5.02 Å². The lowest BCUT2D eigenvalue weighted by atomic mass is 10.3. The highest BCUT2D eigenvalue weighted by Crippen LogP contribution is 2.13. The van der Waals surface area contributed by atoms with E-state index in [0.717, 1.165) is 17.1 Å². The minimum absolute atomic E-state index is 0.561. The quantitative estimate of drug-likeness (QED) is 0.854. The van der Waals surface area contributed by atoms with Crippen LogP contribution in [0.25, 0.3) is 0 Å². The molecular formula is C13H15ClN4S. The molecule has 0 saturated carbocycles. The van der Waals surface area contributed by atoms with Gasteiger partial charge in [-0.15, -0.1) is 0 Å². The van der Waals surface area contributed by atoms with Crippen molar-refractivity contribution in [3.05, 3.63) is 46.7 Å². The first-order valence-electron chi connectivity index (χ1n) is 5.84. The number of nitrogens with zero attached hydrogens (tertiary/aromatic N) is 2. The lowest BCUT2D eigenvalue weighted by Gasteiger charge is -2.09. The summed E-state index contributed by atoms with van der Waals surface area (Å²) >= 11 is 11.0. The van der Waals surface area contributed by atoms with Gasteiger partial charge in [0.05, 0.1) is 12.2 Å². The first kappa shape index (κ1) is 13.8. The van der Waals surface area contributed by atoms with Gasteiger partial charge >= 0.3 is 0 Å². The maximum Gasteiger partial charge on any atom is 0.171 e. The van der Waals surface area contributed by atoms with Gasteiger partial charge in [0.25, 0.3) is 0 Å². The zero-order valence-electron chi connectivity index (χ0n) is 10.8. The van der Waals surface area contributed by atoms with Crippen molar-refractivity contribution in [2.45, 2.75) is 13.5 Å². The maximum absolute atomic E-state index is 5.82. The lowest BCUT2D eigenvalue weighted by molar-refractivity contribution is 0.712. The van der Waals surface area contributed by atoms with Crippen molar-refractivity contribution >= 4 is 34.6 Å². The minimum Gasteiger partial charge on any atom is -0.357 e. The van der Waals surface area contributed by atoms with E-state index in [-0.39, 0.29) is 0 Å². The lowest BCUT2D eigenvalue weighted by Crippen LogP contribution is -2.28. The van der Waals surface area contributed by atoms with Crippen molar-refractivity contribution in [3.63, 3.8) is 0 Å². The summed E-state index contributed by atoms with van der Waals surface area (Å²) in [6.45, 7) is 2.61. The fourth-order valence-corrected chi connectivity index (χ4v) is 1.92. The van der Waals surface area contributed by atoms with E-state index in [1.54, 1.807) is 0 Å². The van der Waals surface area contributed by atoms with Gasteiger partial charge in [0.1, 0.15) is 0 Å². The number of rotatable bonds is 3. The SMILES string of the molecule is Cc1cc(CNC(=S)Nc2ccc(Cl)cc2)nn1C. The van der Waals surface area contributed by atoms with Gasteiger partial charge in [0, 0.05) is 23.5 Å². The minimum atomic E-state index is 0.561. The van der Waals surface area contributed by atoms with Gasteiger partial charge in [-0.3, -0.25) is 4.68 Å². The van der Waals surface area contributed by atoms with Crippen LogP contribution in [0.1, 0.15) is 11.4 Å². The molecule has 1 aromatic carbocycles. The zero-order valence-corrected chi connectivity index (χ0v) is 12.3. The number of halogens is 1. The van der Waals surface area contributed by atoms with Crippen LogP contribution in [0.5, 0.6) is 0 Å². The molecule has 4 nitrogen and oxygen atoms in total. The van der Waals surface area contributed by atoms with Crippen LogP contribution in [-0.2, 0) is 13.6 Å². The molecule has 0 radical (unpaired) electrons. The van der Waals surface area contributed by atoms with E-state index in [9.17, 15) is 0 Å². The Morgan fingerprint density at radius 2 is 2.05 bits per heavy atom. The Bertz CT molecular complexity index is 557. The third-order valence-electron chi connectivity index (χ3n) is 2.70. The third kappa shape index (κ3) is 3.94. The standard InChI is InChI=1S/C13H15ClN4S/c1-9-7-12(17-18(9)2)8-15-13(19)16-11-5-3-10(14)4-6-11/h3-7H,8H2,1-2H3,(H2,15,16,19). The number of hydrogen-bond donors (Lipinski definition) is 2. The van der Waals surface area contributed by atoms with Crippen molar-refractivity contribution in [1.82, 2.24) is 15.1 Å². The molecule has 2 rings (SSSR count). The summed E-state index contributed by atoms with van der Waals surface area (Å²) in [6.07, 6.45) is 0. The summed E-state index contributed by atoms with van der Waals surface area (Å²) in [7, 11) is 1.92. The van der Waals surface area contributed by atoms with Crippen LogP contribution >= 0.6 is 23.8 Å². The monoisotopic (exact) mass is 294 g/mol. The molecule has 2 N–H and O–H groups in total.